The number of nitrogens with zero attached hydrogens (tertiary/aromatic N) is 4. The van der Waals surface area contributed by atoms with Gasteiger partial charge in [0.15, 0.2) is 0 Å². The molecule has 6 nitrogen and oxygen atoms in total. The van der Waals surface area contributed by atoms with Crippen molar-refractivity contribution in [3.63, 3.8) is 0 Å². The Hall–Kier alpha value is -1.76. The van der Waals surface area contributed by atoms with Crippen LogP contribution < -0.4 is 0 Å². The summed E-state index contributed by atoms with van der Waals surface area (Å²) in [5.74, 6) is 0. The van der Waals surface area contributed by atoms with Crippen LogP contribution in [-0.4, -0.2) is 19.7 Å². The molecule has 20 heavy (non-hydrogen) atoms. The lowest BCUT2D eigenvalue weighted by molar-refractivity contribution is -0.386. The highest BCUT2D eigenvalue weighted by Gasteiger charge is 2.20. The van der Waals surface area contributed by atoms with Crippen molar-refractivity contribution in [3.8, 4) is 0 Å². The van der Waals surface area contributed by atoms with Gasteiger partial charge in [-0.2, -0.15) is 5.10 Å². The Morgan fingerprint density at radius 3 is 2.50 bits per heavy atom. The quantitative estimate of drug-likeness (QED) is 0.636. The van der Waals surface area contributed by atoms with Crippen LogP contribution in [-0.2, 0) is 6.54 Å². The lowest BCUT2D eigenvalue weighted by Crippen LogP contribution is -2.09. The highest BCUT2D eigenvalue weighted by Crippen LogP contribution is 2.26. The summed E-state index contributed by atoms with van der Waals surface area (Å²) in [6, 6.07) is 0. The van der Waals surface area contributed by atoms with Gasteiger partial charge in [-0.3, -0.25) is 19.8 Å². The Bertz CT molecular complexity index is 694. The molecule has 0 saturated carbocycles. The number of aryl methyl sites for hydroxylation is 2. The summed E-state index contributed by atoms with van der Waals surface area (Å²) < 4.78 is 2.75. The fourth-order valence-corrected chi connectivity index (χ4v) is 2.46. The normalized spacial score (nSPS) is 10.8. The van der Waals surface area contributed by atoms with E-state index in [0.29, 0.717) is 23.4 Å². The lowest BCUT2D eigenvalue weighted by Gasteiger charge is -2.09. The number of nitro groups is 1. The van der Waals surface area contributed by atoms with Crippen LogP contribution in [0.2, 0.25) is 0 Å². The van der Waals surface area contributed by atoms with Crippen LogP contribution in [0.3, 0.4) is 0 Å². The smallest absolute Gasteiger partial charge is 0.262 e. The summed E-state index contributed by atoms with van der Waals surface area (Å²) in [5.41, 5.74) is 3.84. The SMILES string of the molecule is Cc1cnc(Cn2nc(C)c(Br)c2C)c(C)c1[N+](=O)[O-]. The monoisotopic (exact) mass is 338 g/mol. The third-order valence-corrected chi connectivity index (χ3v) is 4.50. The zero-order chi connectivity index (χ0) is 15.0. The highest BCUT2D eigenvalue weighted by atomic mass is 79.9. The molecule has 0 spiro atoms. The molecule has 2 heterocycles. The Morgan fingerprint density at radius 2 is 2.00 bits per heavy atom. The third kappa shape index (κ3) is 2.45. The molecule has 0 radical (unpaired) electrons. The first-order chi connectivity index (χ1) is 9.32. The van der Waals surface area contributed by atoms with Gasteiger partial charge < -0.3 is 0 Å². The van der Waals surface area contributed by atoms with E-state index in [2.05, 4.69) is 26.0 Å². The molecule has 0 amide bonds. The molecule has 0 saturated heterocycles. The molecular weight excluding hydrogens is 324 g/mol. The van der Waals surface area contributed by atoms with Crippen molar-refractivity contribution in [2.45, 2.75) is 34.2 Å². The van der Waals surface area contributed by atoms with Crippen molar-refractivity contribution in [2.24, 2.45) is 0 Å². The molecule has 106 valence electrons. The minimum absolute atomic E-state index is 0.135. The first-order valence-electron chi connectivity index (χ1n) is 6.12. The number of halogens is 1. The number of hydrogen-bond acceptors (Lipinski definition) is 4. The van der Waals surface area contributed by atoms with Crippen LogP contribution in [0.5, 0.6) is 0 Å². The topological polar surface area (TPSA) is 73.8 Å². The van der Waals surface area contributed by atoms with E-state index >= 15 is 0 Å². The number of pyridine rings is 1. The number of rotatable bonds is 3. The molecule has 0 aliphatic rings. The van der Waals surface area contributed by atoms with Gasteiger partial charge in [-0.25, -0.2) is 0 Å². The van der Waals surface area contributed by atoms with Gasteiger partial charge in [0.05, 0.1) is 38.6 Å². The van der Waals surface area contributed by atoms with E-state index in [9.17, 15) is 10.1 Å². The summed E-state index contributed by atoms with van der Waals surface area (Å²) in [6.45, 7) is 7.70. The first kappa shape index (κ1) is 14.6. The van der Waals surface area contributed by atoms with Gasteiger partial charge in [-0.05, 0) is 43.6 Å². The van der Waals surface area contributed by atoms with E-state index in [1.54, 1.807) is 24.7 Å². The van der Waals surface area contributed by atoms with Crippen LogP contribution in [0.25, 0.3) is 0 Å². The fourth-order valence-electron chi connectivity index (χ4n) is 2.18. The summed E-state index contributed by atoms with van der Waals surface area (Å²) in [6.07, 6.45) is 1.54. The van der Waals surface area contributed by atoms with E-state index in [1.165, 1.54) is 0 Å². The number of aromatic nitrogens is 3. The predicted molar refractivity (Wildman–Crippen MR) is 78.9 cm³/mol. The van der Waals surface area contributed by atoms with Crippen molar-refractivity contribution in [1.82, 2.24) is 14.8 Å². The van der Waals surface area contributed by atoms with Crippen LogP contribution in [0.15, 0.2) is 10.7 Å². The van der Waals surface area contributed by atoms with Gasteiger partial charge in [0.25, 0.3) is 5.69 Å². The molecule has 0 fully saturated rings. The molecule has 0 aliphatic heterocycles. The Labute approximate surface area is 125 Å². The Balaban J connectivity index is 2.47. The van der Waals surface area contributed by atoms with Crippen molar-refractivity contribution < 1.29 is 4.92 Å². The average Bonchev–Trinajstić information content (AvgIpc) is 2.60. The molecule has 2 rings (SSSR count). The van der Waals surface area contributed by atoms with Crippen LogP contribution >= 0.6 is 15.9 Å². The Kier molecular flexibility index (Phi) is 3.89. The van der Waals surface area contributed by atoms with Gasteiger partial charge in [0.2, 0.25) is 0 Å². The second kappa shape index (κ2) is 5.32. The second-order valence-electron chi connectivity index (χ2n) is 4.76. The molecule has 2 aromatic rings. The van der Waals surface area contributed by atoms with E-state index in [4.69, 9.17) is 0 Å². The lowest BCUT2D eigenvalue weighted by atomic mass is 10.1. The summed E-state index contributed by atoms with van der Waals surface area (Å²) in [4.78, 5) is 15.1. The zero-order valence-electron chi connectivity index (χ0n) is 11.8. The van der Waals surface area contributed by atoms with E-state index in [1.807, 2.05) is 13.8 Å². The van der Waals surface area contributed by atoms with Gasteiger partial charge in [-0.15, -0.1) is 0 Å². The van der Waals surface area contributed by atoms with Gasteiger partial charge in [0, 0.05) is 11.8 Å². The van der Waals surface area contributed by atoms with Crippen molar-refractivity contribution in [3.05, 3.63) is 49.0 Å². The third-order valence-electron chi connectivity index (χ3n) is 3.35. The van der Waals surface area contributed by atoms with Gasteiger partial charge in [-0.1, -0.05) is 0 Å². The van der Waals surface area contributed by atoms with Gasteiger partial charge >= 0.3 is 0 Å². The largest absolute Gasteiger partial charge is 0.278 e. The molecule has 7 heteroatoms. The van der Waals surface area contributed by atoms with Crippen LogP contribution in [0.1, 0.15) is 28.2 Å². The van der Waals surface area contributed by atoms with Crippen LogP contribution in [0, 0.1) is 37.8 Å². The average molecular weight is 339 g/mol. The van der Waals surface area contributed by atoms with Crippen LogP contribution in [0.4, 0.5) is 5.69 Å². The van der Waals surface area contributed by atoms with Crippen molar-refractivity contribution >= 4 is 21.6 Å². The standard InChI is InChI=1S/C13H15BrN4O2/c1-7-5-15-11(8(2)13(7)18(19)20)6-17-10(4)12(14)9(3)16-17/h5H,6H2,1-4H3. The molecule has 0 aliphatic carbocycles. The maximum atomic E-state index is 11.1. The van der Waals surface area contributed by atoms with E-state index < -0.39 is 0 Å². The van der Waals surface area contributed by atoms with E-state index in [0.717, 1.165) is 15.9 Å². The second-order valence-corrected chi connectivity index (χ2v) is 5.55. The maximum Gasteiger partial charge on any atom is 0.278 e. The molecule has 0 N–H and O–H groups in total. The molecule has 0 unspecified atom stereocenters. The number of hydrogen-bond donors (Lipinski definition) is 0. The fraction of sp³-hybridized carbons (Fsp3) is 0.385. The minimum Gasteiger partial charge on any atom is -0.262 e. The van der Waals surface area contributed by atoms with E-state index in [-0.39, 0.29) is 10.6 Å². The van der Waals surface area contributed by atoms with Crippen molar-refractivity contribution in [2.75, 3.05) is 0 Å². The maximum absolute atomic E-state index is 11.1. The first-order valence-corrected chi connectivity index (χ1v) is 6.91. The predicted octanol–water partition coefficient (Wildman–Crippen LogP) is 3.23. The molecule has 2 aromatic heterocycles. The highest BCUT2D eigenvalue weighted by molar-refractivity contribution is 9.10. The Morgan fingerprint density at radius 1 is 1.35 bits per heavy atom. The summed E-state index contributed by atoms with van der Waals surface area (Å²) in [7, 11) is 0. The summed E-state index contributed by atoms with van der Waals surface area (Å²) in [5, 5.41) is 15.5. The van der Waals surface area contributed by atoms with Gasteiger partial charge in [0.1, 0.15) is 0 Å². The van der Waals surface area contributed by atoms with Crippen molar-refractivity contribution in [1.29, 1.82) is 0 Å². The minimum atomic E-state index is -0.354. The molecular formula is C13H15BrN4O2. The zero-order valence-corrected chi connectivity index (χ0v) is 13.4. The molecule has 0 atom stereocenters. The molecule has 0 bridgehead atoms. The molecule has 0 aromatic carbocycles. The summed E-state index contributed by atoms with van der Waals surface area (Å²) >= 11 is 3.47.